The highest BCUT2D eigenvalue weighted by atomic mass is 16.2. The summed E-state index contributed by atoms with van der Waals surface area (Å²) >= 11 is 0. The Morgan fingerprint density at radius 2 is 0.703 bits per heavy atom. The normalized spacial score (nSPS) is 16.2. The third kappa shape index (κ3) is 9.12. The van der Waals surface area contributed by atoms with Gasteiger partial charge >= 0.3 is 0 Å². The van der Waals surface area contributed by atoms with Crippen LogP contribution in [0.15, 0.2) is 109 Å². The zero-order valence-corrected chi connectivity index (χ0v) is 38.6. The van der Waals surface area contributed by atoms with E-state index < -0.39 is 0 Å². The van der Waals surface area contributed by atoms with Gasteiger partial charge in [-0.1, -0.05) is 109 Å². The summed E-state index contributed by atoms with van der Waals surface area (Å²) in [5.41, 5.74) is 2.68. The monoisotopic (exact) mass is 855 g/mol. The summed E-state index contributed by atoms with van der Waals surface area (Å²) in [4.78, 5) is 41.5. The fourth-order valence-electron chi connectivity index (χ4n) is 10.8. The first-order chi connectivity index (χ1) is 31.3. The van der Waals surface area contributed by atoms with Crippen LogP contribution in [0, 0.1) is 0 Å². The summed E-state index contributed by atoms with van der Waals surface area (Å²) < 4.78 is 0. The average molecular weight is 855 g/mol. The van der Waals surface area contributed by atoms with Crippen LogP contribution in [-0.4, -0.2) is 133 Å². The summed E-state index contributed by atoms with van der Waals surface area (Å²) in [7, 11) is 0. The van der Waals surface area contributed by atoms with Crippen LogP contribution in [-0.2, 0) is 22.7 Å². The lowest BCUT2D eigenvalue weighted by Gasteiger charge is -2.33. The van der Waals surface area contributed by atoms with E-state index in [0.717, 1.165) is 104 Å². The molecule has 0 aromatic heterocycles. The summed E-state index contributed by atoms with van der Waals surface area (Å²) in [6, 6.07) is 40.8. The lowest BCUT2D eigenvalue weighted by Crippen LogP contribution is -2.46. The molecule has 0 saturated carbocycles. The molecule has 8 heteroatoms. The fourth-order valence-corrected chi connectivity index (χ4v) is 10.8. The lowest BCUT2D eigenvalue weighted by molar-refractivity contribution is -0.133. The van der Waals surface area contributed by atoms with Crippen molar-refractivity contribution in [2.24, 2.45) is 0 Å². The van der Waals surface area contributed by atoms with Crippen LogP contribution in [0.5, 0.6) is 0 Å². The molecule has 0 N–H and O–H groups in total. The minimum absolute atomic E-state index is 0.212. The minimum atomic E-state index is 0.212. The maximum Gasteiger partial charge on any atom is 0.236 e. The Morgan fingerprint density at radius 1 is 0.391 bits per heavy atom. The summed E-state index contributed by atoms with van der Waals surface area (Å²) in [5, 5.41) is 15.8. The molecule has 8 aromatic carbocycles. The molecule has 1 fully saturated rings. The third-order valence-corrected chi connectivity index (χ3v) is 14.3. The van der Waals surface area contributed by atoms with Crippen LogP contribution >= 0.6 is 0 Å². The zero-order valence-electron chi connectivity index (χ0n) is 38.6. The van der Waals surface area contributed by atoms with Crippen LogP contribution in [0.25, 0.3) is 64.6 Å². The van der Waals surface area contributed by atoms with E-state index in [4.69, 9.17) is 0 Å². The van der Waals surface area contributed by atoms with Gasteiger partial charge in [-0.05, 0) is 142 Å². The highest BCUT2D eigenvalue weighted by molar-refractivity contribution is 6.24. The molecule has 8 nitrogen and oxygen atoms in total. The van der Waals surface area contributed by atoms with Crippen LogP contribution in [0.1, 0.15) is 51.7 Å². The van der Waals surface area contributed by atoms with Crippen molar-refractivity contribution in [1.29, 1.82) is 0 Å². The second-order valence-electron chi connectivity index (χ2n) is 18.1. The van der Waals surface area contributed by atoms with Crippen LogP contribution in [0.4, 0.5) is 0 Å². The Kier molecular flexibility index (Phi) is 13.6. The van der Waals surface area contributed by atoms with Gasteiger partial charge in [-0.3, -0.25) is 29.2 Å². The molecule has 0 unspecified atom stereocenters. The maximum absolute atomic E-state index is 13.7. The number of likely N-dealkylation sites (N-methyl/N-ethyl adjacent to an activating group) is 2. The van der Waals surface area contributed by atoms with E-state index >= 15 is 0 Å². The molecule has 0 bridgehead atoms. The van der Waals surface area contributed by atoms with Gasteiger partial charge in [-0.15, -0.1) is 0 Å². The molecule has 0 spiro atoms. The van der Waals surface area contributed by atoms with E-state index in [1.165, 1.54) is 75.8 Å². The average Bonchev–Trinajstić information content (AvgIpc) is 3.31. The second kappa shape index (κ2) is 19.8. The van der Waals surface area contributed by atoms with E-state index in [-0.39, 0.29) is 11.8 Å². The Balaban J connectivity index is 1.01. The predicted octanol–water partition coefficient (Wildman–Crippen LogP) is 9.92. The van der Waals surface area contributed by atoms with E-state index in [2.05, 4.69) is 156 Å². The van der Waals surface area contributed by atoms with Crippen molar-refractivity contribution in [3.63, 3.8) is 0 Å². The van der Waals surface area contributed by atoms with Gasteiger partial charge in [-0.25, -0.2) is 0 Å². The van der Waals surface area contributed by atoms with E-state index in [0.29, 0.717) is 13.1 Å². The van der Waals surface area contributed by atoms with Crippen molar-refractivity contribution in [3.05, 3.63) is 120 Å². The minimum Gasteiger partial charge on any atom is -0.342 e. The van der Waals surface area contributed by atoms with Gasteiger partial charge in [0.05, 0.1) is 13.1 Å². The SMILES string of the molecule is CCN(CC)C(=O)CN1CCCN(Cc2ccc3ccc4cccc5ccc2c3c45)CCN(CC(=O)N(CC)CC)CCCN(Cc2ccc3ccc4cccc5ccc2c3c45)CC1. The fraction of sp³-hybridized carbons (Fsp3) is 0.393. The number of nitrogens with zero attached hydrogens (tertiary/aromatic N) is 6. The highest BCUT2D eigenvalue weighted by Crippen LogP contribution is 2.38. The molecular weight excluding hydrogens is 789 g/mol. The van der Waals surface area contributed by atoms with Crippen molar-refractivity contribution < 1.29 is 9.59 Å². The molecule has 1 saturated heterocycles. The number of hydrogen-bond acceptors (Lipinski definition) is 6. The lowest BCUT2D eigenvalue weighted by atomic mass is 9.92. The predicted molar refractivity (Wildman–Crippen MR) is 269 cm³/mol. The van der Waals surface area contributed by atoms with Crippen molar-refractivity contribution in [3.8, 4) is 0 Å². The van der Waals surface area contributed by atoms with Gasteiger partial charge in [0.25, 0.3) is 0 Å². The molecular formula is C56H66N6O2. The van der Waals surface area contributed by atoms with E-state index in [1.807, 2.05) is 9.80 Å². The first-order valence-corrected chi connectivity index (χ1v) is 24.1. The van der Waals surface area contributed by atoms with Gasteiger partial charge in [0, 0.05) is 65.4 Å². The molecule has 9 rings (SSSR count). The van der Waals surface area contributed by atoms with Crippen molar-refractivity contribution in [2.75, 3.05) is 91.6 Å². The largest absolute Gasteiger partial charge is 0.342 e. The van der Waals surface area contributed by atoms with Crippen LogP contribution in [0.3, 0.4) is 0 Å². The number of benzene rings is 8. The number of carbonyl (C=O) groups excluding carboxylic acids is 2. The number of rotatable bonds is 12. The van der Waals surface area contributed by atoms with Gasteiger partial charge in [-0.2, -0.15) is 0 Å². The van der Waals surface area contributed by atoms with Crippen molar-refractivity contribution in [2.45, 2.75) is 53.6 Å². The Hall–Kier alpha value is -5.38. The standard InChI is InChI=1S/C56H66N6O2/c1-5-61(6-2)51(63)39-59-31-11-29-58(38-48-24-22-46-20-18-42-14-10-16-44-26-28-50(48)56(46)54(42)44)34-36-60(40-52(64)62(7-3)8-4)32-12-30-57(33-35-59)37-47-23-21-45-19-17-41-13-9-15-43-25-27-49(47)55(45)53(41)43/h9-10,13-28H,5-8,11-12,29-40H2,1-4H3. The van der Waals surface area contributed by atoms with Gasteiger partial charge < -0.3 is 9.80 Å². The molecule has 8 aromatic rings. The number of hydrogen-bond donors (Lipinski definition) is 0. The van der Waals surface area contributed by atoms with E-state index in [1.54, 1.807) is 0 Å². The maximum atomic E-state index is 13.7. The third-order valence-electron chi connectivity index (χ3n) is 14.3. The first kappa shape index (κ1) is 43.9. The molecule has 2 amide bonds. The molecule has 332 valence electrons. The quantitative estimate of drug-likeness (QED) is 0.114. The molecule has 1 aliphatic rings. The molecule has 1 heterocycles. The van der Waals surface area contributed by atoms with Gasteiger partial charge in [0.2, 0.25) is 11.8 Å². The van der Waals surface area contributed by atoms with Gasteiger partial charge in [0.15, 0.2) is 0 Å². The zero-order chi connectivity index (χ0) is 44.2. The van der Waals surface area contributed by atoms with Crippen molar-refractivity contribution in [1.82, 2.24) is 29.4 Å². The Bertz CT molecular complexity index is 2620. The number of amides is 2. The smallest absolute Gasteiger partial charge is 0.236 e. The second-order valence-corrected chi connectivity index (χ2v) is 18.1. The molecule has 1 aliphatic heterocycles. The Labute approximate surface area is 379 Å². The number of carbonyl (C=O) groups is 2. The van der Waals surface area contributed by atoms with E-state index in [9.17, 15) is 9.59 Å². The molecule has 64 heavy (non-hydrogen) atoms. The molecule has 0 aliphatic carbocycles. The van der Waals surface area contributed by atoms with Crippen LogP contribution < -0.4 is 0 Å². The van der Waals surface area contributed by atoms with Crippen molar-refractivity contribution >= 4 is 76.4 Å². The topological polar surface area (TPSA) is 53.6 Å². The van der Waals surface area contributed by atoms with Gasteiger partial charge in [0.1, 0.15) is 0 Å². The highest BCUT2D eigenvalue weighted by Gasteiger charge is 2.22. The molecule has 0 radical (unpaired) electrons. The Morgan fingerprint density at radius 3 is 1.08 bits per heavy atom. The van der Waals surface area contributed by atoms with Crippen LogP contribution in [0.2, 0.25) is 0 Å². The summed E-state index contributed by atoms with van der Waals surface area (Å²) in [6.07, 6.45) is 1.90. The molecule has 0 atom stereocenters. The summed E-state index contributed by atoms with van der Waals surface area (Å²) in [6.45, 7) is 20.6. The summed E-state index contributed by atoms with van der Waals surface area (Å²) in [5.74, 6) is 0.423. The first-order valence-electron chi connectivity index (χ1n) is 24.1.